The number of nitrogens with one attached hydrogen (secondary N) is 7. The summed E-state index contributed by atoms with van der Waals surface area (Å²) < 4.78 is 194. The molecule has 8 fully saturated rings. The van der Waals surface area contributed by atoms with E-state index in [4.69, 9.17) is 23.9 Å². The number of pyridine rings is 7. The van der Waals surface area contributed by atoms with Gasteiger partial charge in [-0.05, 0) is 259 Å². The van der Waals surface area contributed by atoms with Gasteiger partial charge in [0.2, 0.25) is 5.88 Å². The van der Waals surface area contributed by atoms with Gasteiger partial charge < -0.3 is 58.5 Å². The van der Waals surface area contributed by atoms with Crippen LogP contribution in [0.3, 0.4) is 0 Å². The third-order valence-electron chi connectivity index (χ3n) is 26.9. The molecule has 7 aliphatic heterocycles. The van der Waals surface area contributed by atoms with Crippen LogP contribution in [0.25, 0.3) is 22.5 Å². The second-order valence-corrected chi connectivity index (χ2v) is 48.4. The number of aromatic amines is 1. The van der Waals surface area contributed by atoms with Crippen LogP contribution in [0.15, 0.2) is 178 Å². The van der Waals surface area contributed by atoms with Crippen molar-refractivity contribution in [1.82, 2.24) is 68.7 Å². The number of hydrogen-bond acceptors (Lipinski definition) is 31. The average Bonchev–Trinajstić information content (AvgIpc) is 1.60. The number of anilines is 5. The third-order valence-corrected chi connectivity index (χ3v) is 31.8. The number of carbonyl (C=O) groups is 4. The van der Waals surface area contributed by atoms with E-state index >= 15 is 0 Å². The molecular formula is C102H131F4N19O18S4. The Labute approximate surface area is 856 Å². The molecule has 0 spiro atoms. The normalized spacial score (nSPS) is 20.7. The Balaban J connectivity index is 0.000000155. The van der Waals surface area contributed by atoms with Crippen molar-refractivity contribution in [3.8, 4) is 39.9 Å². The molecule has 7 N–H and O–H groups in total. The maximum atomic E-state index is 14.5. The molecule has 17 rings (SSSR count). The fourth-order valence-corrected chi connectivity index (χ4v) is 24.4. The molecule has 0 radical (unpaired) electrons. The summed E-state index contributed by atoms with van der Waals surface area (Å²) in [6, 6.07) is 33.6. The van der Waals surface area contributed by atoms with E-state index in [0.717, 1.165) is 89.7 Å². The average molecular weight is 2120 g/mol. The first-order chi connectivity index (χ1) is 69.1. The molecule has 8 aliphatic rings. The number of aromatic nitrogens is 7. The van der Waals surface area contributed by atoms with Gasteiger partial charge in [0, 0.05) is 135 Å². The van der Waals surface area contributed by atoms with Gasteiger partial charge in [-0.2, -0.15) is 35.0 Å². The number of alkyl halides is 3. The smallest absolute Gasteiger partial charge is 0.493 e. The summed E-state index contributed by atoms with van der Waals surface area (Å²) >= 11 is 0. The number of piperazine rings is 1. The minimum absolute atomic E-state index is 0.0745. The molecule has 147 heavy (non-hydrogen) atoms. The first-order valence-corrected chi connectivity index (χ1v) is 55.1. The summed E-state index contributed by atoms with van der Waals surface area (Å²) in [6.07, 6.45) is 7.58. The number of sulfonamides is 3. The molecule has 2 aromatic carbocycles. The first kappa shape index (κ1) is 111. The van der Waals surface area contributed by atoms with Crippen molar-refractivity contribution in [2.75, 3.05) is 116 Å². The van der Waals surface area contributed by atoms with Crippen LogP contribution >= 0.6 is 0 Å². The predicted molar refractivity (Wildman–Crippen MR) is 548 cm³/mol. The zero-order valence-corrected chi connectivity index (χ0v) is 88.4. The number of nitrogens with zero attached hydrogens (tertiary/aromatic N) is 12. The largest absolute Gasteiger partial charge is 0.573 e. The summed E-state index contributed by atoms with van der Waals surface area (Å²) in [5.41, 5.74) is -0.386. The number of H-pyrrole nitrogens is 1. The van der Waals surface area contributed by atoms with Crippen LogP contribution in [-0.4, -0.2) is 235 Å². The van der Waals surface area contributed by atoms with E-state index < -0.39 is 97.8 Å². The van der Waals surface area contributed by atoms with Gasteiger partial charge in [-0.1, -0.05) is 65.8 Å². The lowest BCUT2D eigenvalue weighted by atomic mass is 9.97. The van der Waals surface area contributed by atoms with E-state index in [0.29, 0.717) is 136 Å². The van der Waals surface area contributed by atoms with Gasteiger partial charge in [0.05, 0.1) is 53.5 Å². The Bertz CT molecular complexity index is 6820. The highest BCUT2D eigenvalue weighted by atomic mass is 32.2. The van der Waals surface area contributed by atoms with Gasteiger partial charge in [-0.3, -0.25) is 28.9 Å². The van der Waals surface area contributed by atoms with Crippen LogP contribution in [0.1, 0.15) is 203 Å². The highest BCUT2D eigenvalue weighted by molar-refractivity contribution is 7.90. The number of benzene rings is 2. The number of amides is 4. The number of carbonyl (C=O) groups excluding carboxylic acids is 4. The summed E-state index contributed by atoms with van der Waals surface area (Å²) in [5.74, 6) is 0.286. The predicted octanol–water partition coefficient (Wildman–Crippen LogP) is 13.2. The summed E-state index contributed by atoms with van der Waals surface area (Å²) in [5, 5.41) is 2.64. The fourth-order valence-electron chi connectivity index (χ4n) is 20.5. The Kier molecular flexibility index (Phi) is 33.9. The molecule has 1 aliphatic carbocycles. The van der Waals surface area contributed by atoms with Crippen LogP contribution in [0.5, 0.6) is 17.4 Å². The van der Waals surface area contributed by atoms with Gasteiger partial charge in [0.25, 0.3) is 59.3 Å². The van der Waals surface area contributed by atoms with Crippen LogP contribution < -0.4 is 73.2 Å². The maximum Gasteiger partial charge on any atom is 0.573 e. The van der Waals surface area contributed by atoms with Crippen molar-refractivity contribution < 1.29 is 94.1 Å². The number of ether oxygens (including phenoxy) is 5. The summed E-state index contributed by atoms with van der Waals surface area (Å²) in [4.78, 5) is 106. The molecule has 5 atom stereocenters. The molecule has 1 saturated carbocycles. The molecule has 3 unspecified atom stereocenters. The second kappa shape index (κ2) is 45.1. The molecule has 0 bridgehead atoms. The van der Waals surface area contributed by atoms with Gasteiger partial charge in [-0.25, -0.2) is 56.6 Å². The van der Waals surface area contributed by atoms with Crippen LogP contribution in [0.4, 0.5) is 46.7 Å². The van der Waals surface area contributed by atoms with Gasteiger partial charge in [0.1, 0.15) is 52.0 Å². The minimum Gasteiger partial charge on any atom is -0.493 e. The van der Waals surface area contributed by atoms with Crippen molar-refractivity contribution >= 4 is 93.0 Å². The van der Waals surface area contributed by atoms with Gasteiger partial charge >= 0.3 is 16.6 Å². The summed E-state index contributed by atoms with van der Waals surface area (Å²) in [7, 11) is -17.0. The maximum absolute atomic E-state index is 14.5. The quantitative estimate of drug-likeness (QED) is 0.0224. The fraction of sp³-hybridized carbons (Fsp3) is 0.500. The van der Waals surface area contributed by atoms with Crippen molar-refractivity contribution in [2.45, 2.75) is 223 Å². The third kappa shape index (κ3) is 28.1. The zero-order chi connectivity index (χ0) is 106. The molecule has 9 aromatic rings. The molecule has 37 nitrogen and oxygen atoms in total. The van der Waals surface area contributed by atoms with Crippen molar-refractivity contribution in [3.63, 3.8) is 0 Å². The molecule has 7 aromatic heterocycles. The van der Waals surface area contributed by atoms with Crippen LogP contribution in [0.2, 0.25) is 0 Å². The first-order valence-electron chi connectivity index (χ1n) is 49.2. The Morgan fingerprint density at radius 3 is 1.49 bits per heavy atom. The van der Waals surface area contributed by atoms with E-state index in [-0.39, 0.29) is 96.1 Å². The highest BCUT2D eigenvalue weighted by Crippen LogP contribution is 2.44. The molecule has 45 heteroatoms. The van der Waals surface area contributed by atoms with E-state index in [1.54, 1.807) is 85.2 Å². The molecule has 4 amide bonds. The number of halogens is 4. The van der Waals surface area contributed by atoms with Crippen molar-refractivity contribution in [1.29, 1.82) is 0 Å². The lowest BCUT2D eigenvalue weighted by Crippen LogP contribution is -2.49. The highest BCUT2D eigenvalue weighted by Gasteiger charge is 2.46. The zero-order valence-electron chi connectivity index (χ0n) is 85.2. The minimum atomic E-state index is -4.87. The van der Waals surface area contributed by atoms with Gasteiger partial charge in [-0.15, -0.1) is 13.2 Å². The van der Waals surface area contributed by atoms with Crippen molar-refractivity contribution in [2.24, 2.45) is 29.6 Å². The van der Waals surface area contributed by atoms with Crippen LogP contribution in [0, 0.1) is 35.4 Å². The molecular weight excluding hydrogens is 1980 g/mol. The number of hydrogen-bond donors (Lipinski definition) is 7. The Hall–Kier alpha value is -12.1. The monoisotopic (exact) mass is 2110 g/mol. The van der Waals surface area contributed by atoms with Crippen LogP contribution in [-0.2, 0) is 49.8 Å². The van der Waals surface area contributed by atoms with Crippen molar-refractivity contribution in [3.05, 3.63) is 197 Å². The second-order valence-electron chi connectivity index (χ2n) is 42.0. The standard InChI is InChI=1S/C27H38FN5O4S.C26H36N6O5S.C25H25F3N4O5S.C24H32N4O4S/c1-17(2)16-37-22-11-19(10-20(28)12-22)24-7-6-23(25(30-24)33-15-18(3)13-27(33,4)5)26(34)32-38(35,36)31-21-8-9-29-14-21;1-19-16-26(2,3)32(17-19)24-20(6-5-9-27-24)25(33)29-38(34,35)22-8-4-7-21(28-22)31-12-10-30(11-13-31)18-23-36-14-15-37-23;1-15-13-24(2,3)32(14-15)21-18(22(33)31-38(35,36)20-8-5-11-29-23(20)34)9-10-19(30-21)16-6-4-7-17(12-16)37-25(26,27)28;1-17-15-23(2,3)28(16-17)21-18(9-8-14-25-21)22(29)27-33(30,31)20-11-7-10-19(26-20)32-24(4)12-5-6-13-24/h6-7,10-12,17-18,21,29,31H,8-9,13-16H2,1-5H3,(H,32,34);4-9,19,23H,10-18H2,1-3H3,(H,29,33);4-12,15H,13-14H2,1-3H3,(H,29,34)(H,31,33);7-11,14,17H,5-6,12-13,15-16H2,1-4H3,(H,27,29)/t18-,21?;;15-;/m0.0./s1. The SMILES string of the molecule is CC(C)COc1cc(F)cc(-c2ccc(C(=O)NS(=O)(=O)NC3CCNC3)c(N3C[C@@H](C)CC3(C)C)n2)c1.CC1CN(c2ncccc2C(=O)NS(=O)(=O)c2cccc(N3CCN(CC4OCCO4)CC3)n2)C(C)(C)C1.CC1CN(c2ncccc2C(=O)NS(=O)(=O)c2cccc(OC3(C)CCCC3)n2)C(C)(C)C1.C[C@@H]1CN(c2nc(-c3cccc(OC(F)(F)F)c3)ccc2C(=O)NS(=O)(=O)c2ccc[nH]c2=O)C(C)(C)C1. The summed E-state index contributed by atoms with van der Waals surface area (Å²) in [6.45, 7) is 40.2. The number of rotatable bonds is 28. The Morgan fingerprint density at radius 1 is 0.524 bits per heavy atom. The van der Waals surface area contributed by atoms with E-state index in [9.17, 15) is 75.2 Å². The van der Waals surface area contributed by atoms with E-state index in [1.807, 2.05) is 61.0 Å². The Morgan fingerprint density at radius 2 is 1.00 bits per heavy atom. The lowest BCUT2D eigenvalue weighted by Gasteiger charge is -2.36. The molecule has 794 valence electrons. The molecule has 7 saturated heterocycles. The molecule has 14 heterocycles. The van der Waals surface area contributed by atoms with Gasteiger partial charge in [0.15, 0.2) is 21.2 Å². The van der Waals surface area contributed by atoms with E-state index in [1.165, 1.54) is 60.8 Å². The topological polar surface area (TPSA) is 453 Å². The van der Waals surface area contributed by atoms with E-state index in [2.05, 4.69) is 136 Å². The lowest BCUT2D eigenvalue weighted by molar-refractivity contribution is -0.274.